The van der Waals surface area contributed by atoms with E-state index in [2.05, 4.69) is 6.92 Å². The molecule has 0 radical (unpaired) electrons. The summed E-state index contributed by atoms with van der Waals surface area (Å²) in [6.45, 7) is 2.06. The zero-order valence-corrected chi connectivity index (χ0v) is 19.7. The maximum Gasteiger partial charge on any atom is 1.00 e. The molecule has 1 aliphatic rings. The molecule has 0 saturated carbocycles. The topological polar surface area (TPSA) is 107 Å². The van der Waals surface area contributed by atoms with Crippen molar-refractivity contribution in [3.63, 3.8) is 0 Å². The quantitative estimate of drug-likeness (QED) is 0.177. The van der Waals surface area contributed by atoms with Gasteiger partial charge in [0.2, 0.25) is 6.23 Å². The van der Waals surface area contributed by atoms with E-state index < -0.39 is 27.4 Å². The van der Waals surface area contributed by atoms with Gasteiger partial charge in [0.1, 0.15) is 12.6 Å². The van der Waals surface area contributed by atoms with Crippen molar-refractivity contribution >= 4 is 10.4 Å². The van der Waals surface area contributed by atoms with Gasteiger partial charge in [0.25, 0.3) is 0 Å². The van der Waals surface area contributed by atoms with E-state index in [1.807, 2.05) is 12.1 Å². The number of unbranched alkanes of at least 4 members (excludes halogenated alkanes) is 5. The molecule has 7 nitrogen and oxygen atoms in total. The molecule has 1 aliphatic heterocycles. The Bertz CT molecular complexity index is 708. The van der Waals surface area contributed by atoms with Gasteiger partial charge in [-0.3, -0.25) is 4.55 Å². The molecule has 1 heterocycles. The van der Waals surface area contributed by atoms with Crippen LogP contribution in [0.25, 0.3) is 0 Å². The van der Waals surface area contributed by atoms with Gasteiger partial charge in [-0.1, -0.05) is 69.7 Å². The minimum absolute atomic E-state index is 0. The van der Waals surface area contributed by atoms with Gasteiger partial charge in [0.05, 0.1) is 6.54 Å². The fraction of sp³-hybridized carbons (Fsp3) is 0.684. The van der Waals surface area contributed by atoms with E-state index in [0.29, 0.717) is 24.8 Å². The molecule has 3 atom stereocenters. The molecule has 0 amide bonds. The zero-order chi connectivity index (χ0) is 19.9. The Hall–Kier alpha value is -0.0300. The van der Waals surface area contributed by atoms with Crippen molar-refractivity contribution < 1.29 is 57.9 Å². The Labute approximate surface area is 192 Å². The maximum atomic E-state index is 13.2. The van der Waals surface area contributed by atoms with Crippen molar-refractivity contribution in [2.45, 2.75) is 70.6 Å². The summed E-state index contributed by atoms with van der Waals surface area (Å²) in [6, 6.07) is 7.22. The number of nitrogens with zero attached hydrogens (tertiary/aromatic N) is 1. The van der Waals surface area contributed by atoms with Crippen LogP contribution < -0.4 is 29.6 Å². The van der Waals surface area contributed by atoms with Crippen LogP contribution in [0.3, 0.4) is 0 Å². The summed E-state index contributed by atoms with van der Waals surface area (Å²) in [6.07, 6.45) is 4.70. The molecule has 1 aromatic carbocycles. The predicted octanol–water partition coefficient (Wildman–Crippen LogP) is 0.603. The number of rotatable bonds is 11. The van der Waals surface area contributed by atoms with Gasteiger partial charge >= 0.3 is 40.0 Å². The summed E-state index contributed by atoms with van der Waals surface area (Å²) in [5.74, 6) is 0. The third kappa shape index (κ3) is 8.01. The van der Waals surface area contributed by atoms with Gasteiger partial charge < -0.3 is 16.4 Å². The smallest absolute Gasteiger partial charge is 1.00 e. The number of hydrogen-bond acceptors (Lipinski definition) is 5. The van der Waals surface area contributed by atoms with Crippen molar-refractivity contribution in [2.75, 3.05) is 13.1 Å². The molecule has 0 fully saturated rings. The van der Waals surface area contributed by atoms with Crippen molar-refractivity contribution in [3.8, 4) is 0 Å². The van der Waals surface area contributed by atoms with Gasteiger partial charge in [-0.25, -0.2) is 4.18 Å². The van der Waals surface area contributed by atoms with E-state index in [0.717, 1.165) is 37.7 Å². The first-order valence-corrected chi connectivity index (χ1v) is 11.1. The summed E-state index contributed by atoms with van der Waals surface area (Å²) < 4.78 is 35.3. The molecular weight excluding hydrogens is 393 g/mol. The number of fused-ring (bicyclic) bond motifs is 1. The summed E-state index contributed by atoms with van der Waals surface area (Å²) in [4.78, 5) is 0. The van der Waals surface area contributed by atoms with E-state index in [-0.39, 0.29) is 44.1 Å². The molecule has 0 aromatic heterocycles. The monoisotopic (exact) mass is 425 g/mol. The number of quaternary nitrogens is 1. The molecule has 0 spiro atoms. The molecule has 9 heteroatoms. The van der Waals surface area contributed by atoms with Crippen LogP contribution in [0.2, 0.25) is 0 Å². The summed E-state index contributed by atoms with van der Waals surface area (Å²) >= 11 is 0. The van der Waals surface area contributed by atoms with E-state index in [1.54, 1.807) is 12.1 Å². The number of benzene rings is 1. The summed E-state index contributed by atoms with van der Waals surface area (Å²) in [5, 5.41) is 23.8. The van der Waals surface area contributed by atoms with Gasteiger partial charge in [-0.15, -0.1) is 0 Å². The largest absolute Gasteiger partial charge is 1.00 e. The fourth-order valence-corrected chi connectivity index (χ4v) is 4.23. The molecule has 0 bridgehead atoms. The Morgan fingerprint density at radius 2 is 1.89 bits per heavy atom. The molecule has 28 heavy (non-hydrogen) atoms. The van der Waals surface area contributed by atoms with Crippen LogP contribution >= 0.6 is 0 Å². The molecule has 2 N–H and O–H groups in total. The maximum absolute atomic E-state index is 13.2. The standard InChI is InChI=1S/C19H31NO6S.Na.H/c1-2-3-4-5-6-7-11-17(26-27(23,24)25)15-20(22)14-13-16-10-8-9-12-18(16)19(20)21;;/h8-10,12,17,19,21H,2-7,11,13-15H2,1H3,(H,23,24,25);;/q;+1;-1. The van der Waals surface area contributed by atoms with Crippen LogP contribution in [0.15, 0.2) is 24.3 Å². The summed E-state index contributed by atoms with van der Waals surface area (Å²) in [5.41, 5.74) is 1.50. The van der Waals surface area contributed by atoms with Crippen LogP contribution in [0, 0.1) is 5.21 Å². The fourth-order valence-electron chi connectivity index (χ4n) is 3.73. The van der Waals surface area contributed by atoms with Gasteiger partial charge in [-0.05, 0) is 12.0 Å². The molecule has 0 saturated heterocycles. The Morgan fingerprint density at radius 1 is 1.25 bits per heavy atom. The van der Waals surface area contributed by atoms with Crippen molar-refractivity contribution in [1.29, 1.82) is 0 Å². The molecular formula is C19H32NNaO6S. The SMILES string of the molecule is CCCCCCCCC(C[N+]1([O-])CCc2ccccc2C1O)OS(=O)(=O)O.[H-].[Na+]. The van der Waals surface area contributed by atoms with Crippen molar-refractivity contribution in [2.24, 2.45) is 0 Å². The van der Waals surface area contributed by atoms with Gasteiger partial charge in [0, 0.05) is 12.0 Å². The molecule has 1 aromatic rings. The number of hydroxylamine groups is 3. The first-order valence-electron chi connectivity index (χ1n) is 9.74. The molecule has 3 unspecified atom stereocenters. The van der Waals surface area contributed by atoms with Gasteiger partial charge in [-0.2, -0.15) is 8.42 Å². The Morgan fingerprint density at radius 3 is 2.57 bits per heavy atom. The normalized spacial score (nSPS) is 22.9. The van der Waals surface area contributed by atoms with E-state index >= 15 is 0 Å². The Balaban J connectivity index is 0.00000392. The molecule has 156 valence electrons. The second kappa shape index (κ2) is 12.0. The first-order chi connectivity index (χ1) is 12.7. The van der Waals surface area contributed by atoms with Crippen LogP contribution in [0.1, 0.15) is 70.7 Å². The van der Waals surface area contributed by atoms with Crippen LogP contribution in [-0.2, 0) is 21.0 Å². The first kappa shape index (κ1) is 26.0. The third-order valence-corrected chi connectivity index (χ3v) is 5.70. The minimum Gasteiger partial charge on any atom is -1.00 e. The zero-order valence-electron chi connectivity index (χ0n) is 17.9. The summed E-state index contributed by atoms with van der Waals surface area (Å²) in [7, 11) is -4.66. The van der Waals surface area contributed by atoms with Crippen LogP contribution in [-0.4, -0.2) is 41.9 Å². The van der Waals surface area contributed by atoms with Gasteiger partial charge in [0.15, 0.2) is 0 Å². The molecule has 0 aliphatic carbocycles. The molecule has 2 rings (SSSR count). The van der Waals surface area contributed by atoms with Crippen molar-refractivity contribution in [1.82, 2.24) is 0 Å². The van der Waals surface area contributed by atoms with E-state index in [9.17, 15) is 18.7 Å². The van der Waals surface area contributed by atoms with E-state index in [4.69, 9.17) is 8.74 Å². The number of hydrogen-bond donors (Lipinski definition) is 2. The van der Waals surface area contributed by atoms with E-state index in [1.165, 1.54) is 0 Å². The second-order valence-corrected chi connectivity index (χ2v) is 8.43. The number of aliphatic hydroxyl groups excluding tert-OH is 1. The minimum atomic E-state index is -4.66. The van der Waals surface area contributed by atoms with Crippen LogP contribution in [0.4, 0.5) is 0 Å². The van der Waals surface area contributed by atoms with Crippen LogP contribution in [0.5, 0.6) is 0 Å². The average Bonchev–Trinajstić information content (AvgIpc) is 2.60. The second-order valence-electron chi connectivity index (χ2n) is 7.38. The predicted molar refractivity (Wildman–Crippen MR) is 104 cm³/mol. The average molecular weight is 426 g/mol. The van der Waals surface area contributed by atoms with Crippen molar-refractivity contribution in [3.05, 3.63) is 40.6 Å². The number of aliphatic hydroxyl groups is 1. The Kier molecular flexibility index (Phi) is 11.1. The third-order valence-electron chi connectivity index (χ3n) is 5.19.